The largest absolute Gasteiger partial charge is 0.417 e. The van der Waals surface area contributed by atoms with E-state index in [0.29, 0.717) is 5.56 Å². The molecule has 1 aromatic rings. The van der Waals surface area contributed by atoms with Crippen molar-refractivity contribution in [1.29, 1.82) is 10.5 Å². The number of hydrogen-bond donors (Lipinski definition) is 0. The molecular weight excluding hydrogens is 229 g/mol. The zero-order valence-corrected chi connectivity index (χ0v) is 8.62. The van der Waals surface area contributed by atoms with Crippen molar-refractivity contribution < 1.29 is 13.2 Å². The van der Waals surface area contributed by atoms with Gasteiger partial charge in [-0.05, 0) is 17.7 Å². The van der Waals surface area contributed by atoms with E-state index in [9.17, 15) is 13.2 Å². The third-order valence-corrected chi connectivity index (χ3v) is 1.99. The molecule has 0 atom stereocenters. The number of alkyl halides is 3. The van der Waals surface area contributed by atoms with Gasteiger partial charge in [0.2, 0.25) is 0 Å². The fraction of sp³-hybridized carbons (Fsp3) is 0.167. The molecule has 0 unspecified atom stereocenters. The smallest absolute Gasteiger partial charge is 0.198 e. The van der Waals surface area contributed by atoms with Crippen molar-refractivity contribution in [2.24, 2.45) is 0 Å². The quantitative estimate of drug-likeness (QED) is 0.788. The summed E-state index contributed by atoms with van der Waals surface area (Å²) in [7, 11) is 0. The number of hydrogen-bond acceptors (Lipinski definition) is 2. The van der Waals surface area contributed by atoms with Gasteiger partial charge in [0.1, 0.15) is 0 Å². The predicted molar refractivity (Wildman–Crippen MR) is 55.4 cm³/mol. The van der Waals surface area contributed by atoms with Crippen LogP contribution in [0.1, 0.15) is 23.1 Å². The van der Waals surface area contributed by atoms with Crippen LogP contribution < -0.4 is 0 Å². The van der Waals surface area contributed by atoms with Crippen LogP contribution in [0.4, 0.5) is 13.2 Å². The Kier molecular flexibility index (Phi) is 3.90. The maximum atomic E-state index is 12.6. The Labute approximate surface area is 96.2 Å². The Morgan fingerprint density at radius 1 is 1.24 bits per heavy atom. The summed E-state index contributed by atoms with van der Waals surface area (Å²) in [6.45, 7) is 0. The van der Waals surface area contributed by atoms with Gasteiger partial charge in [0.25, 0.3) is 0 Å². The van der Waals surface area contributed by atoms with E-state index < -0.39 is 17.3 Å². The van der Waals surface area contributed by atoms with E-state index in [2.05, 4.69) is 0 Å². The van der Waals surface area contributed by atoms with Crippen molar-refractivity contribution >= 4 is 6.08 Å². The van der Waals surface area contributed by atoms with Gasteiger partial charge in [0, 0.05) is 0 Å². The van der Waals surface area contributed by atoms with Crippen molar-refractivity contribution in [2.75, 3.05) is 0 Å². The number of halogens is 3. The van der Waals surface area contributed by atoms with Crippen LogP contribution in [-0.4, -0.2) is 0 Å². The molecule has 0 radical (unpaired) electrons. The fourth-order valence-corrected chi connectivity index (χ4v) is 1.25. The van der Waals surface area contributed by atoms with Crippen molar-refractivity contribution in [2.45, 2.75) is 12.6 Å². The average molecular weight is 236 g/mol. The van der Waals surface area contributed by atoms with Gasteiger partial charge in [-0.1, -0.05) is 18.2 Å². The van der Waals surface area contributed by atoms with Crippen LogP contribution in [0.2, 0.25) is 0 Å². The zero-order chi connectivity index (χ0) is 12.9. The van der Waals surface area contributed by atoms with Crippen LogP contribution in [0.5, 0.6) is 0 Å². The number of nitriles is 2. The molecule has 0 N–H and O–H groups in total. The van der Waals surface area contributed by atoms with Gasteiger partial charge in [-0.25, -0.2) is 0 Å². The van der Waals surface area contributed by atoms with E-state index >= 15 is 0 Å². The fourth-order valence-electron chi connectivity index (χ4n) is 1.25. The van der Waals surface area contributed by atoms with Crippen LogP contribution in [0.15, 0.2) is 24.3 Å². The van der Waals surface area contributed by atoms with Gasteiger partial charge in [0.05, 0.1) is 29.7 Å². The third-order valence-electron chi connectivity index (χ3n) is 1.99. The minimum absolute atomic E-state index is 0.126. The zero-order valence-electron chi connectivity index (χ0n) is 8.62. The van der Waals surface area contributed by atoms with Crippen LogP contribution >= 0.6 is 0 Å². The molecule has 0 saturated carbocycles. The summed E-state index contributed by atoms with van der Waals surface area (Å²) in [5.74, 6) is 0. The summed E-state index contributed by atoms with van der Waals surface area (Å²) in [5.41, 5.74) is -1.05. The SMILES string of the molecule is N#CCC=Cc1ccc(C#N)c(C(F)(F)F)c1. The van der Waals surface area contributed by atoms with E-state index in [1.807, 2.05) is 6.07 Å². The maximum Gasteiger partial charge on any atom is 0.417 e. The van der Waals surface area contributed by atoms with Gasteiger partial charge in [-0.2, -0.15) is 23.7 Å². The highest BCUT2D eigenvalue weighted by Gasteiger charge is 2.33. The summed E-state index contributed by atoms with van der Waals surface area (Å²) < 4.78 is 37.7. The summed E-state index contributed by atoms with van der Waals surface area (Å²) in [6.07, 6.45) is -1.55. The van der Waals surface area contributed by atoms with Crippen molar-refractivity contribution in [1.82, 2.24) is 0 Å². The Morgan fingerprint density at radius 3 is 2.47 bits per heavy atom. The highest BCUT2D eigenvalue weighted by molar-refractivity contribution is 5.54. The molecule has 0 amide bonds. The van der Waals surface area contributed by atoms with Crippen molar-refractivity contribution in [3.05, 3.63) is 41.0 Å². The van der Waals surface area contributed by atoms with E-state index in [4.69, 9.17) is 10.5 Å². The molecular formula is C12H7F3N2. The van der Waals surface area contributed by atoms with Gasteiger partial charge in [-0.3, -0.25) is 0 Å². The highest BCUT2D eigenvalue weighted by atomic mass is 19.4. The lowest BCUT2D eigenvalue weighted by atomic mass is 10.0. The third kappa shape index (κ3) is 3.35. The Bertz CT molecular complexity index is 516. The summed E-state index contributed by atoms with van der Waals surface area (Å²) >= 11 is 0. The van der Waals surface area contributed by atoms with Gasteiger partial charge < -0.3 is 0 Å². The molecule has 5 heteroatoms. The first kappa shape index (κ1) is 12.8. The second-order valence-electron chi connectivity index (χ2n) is 3.18. The van der Waals surface area contributed by atoms with Crippen molar-refractivity contribution in [3.8, 4) is 12.1 Å². The second kappa shape index (κ2) is 5.18. The summed E-state index contributed by atoms with van der Waals surface area (Å²) in [6, 6.07) is 6.76. The lowest BCUT2D eigenvalue weighted by molar-refractivity contribution is -0.137. The topological polar surface area (TPSA) is 47.6 Å². The van der Waals surface area contributed by atoms with E-state index in [-0.39, 0.29) is 6.42 Å². The first-order valence-electron chi connectivity index (χ1n) is 4.64. The molecule has 0 aliphatic rings. The molecule has 86 valence electrons. The number of benzene rings is 1. The minimum atomic E-state index is -4.55. The highest BCUT2D eigenvalue weighted by Crippen LogP contribution is 2.32. The molecule has 0 heterocycles. The molecule has 1 rings (SSSR count). The number of allylic oxidation sites excluding steroid dienone is 1. The van der Waals surface area contributed by atoms with E-state index in [1.165, 1.54) is 24.3 Å². The standard InChI is InChI=1S/C12H7F3N2/c13-12(14,15)11-7-9(3-1-2-6-16)4-5-10(11)8-17/h1,3-5,7H,2H2. The summed E-state index contributed by atoms with van der Waals surface area (Å²) in [5, 5.41) is 16.9. The van der Waals surface area contributed by atoms with Crippen molar-refractivity contribution in [3.63, 3.8) is 0 Å². The molecule has 0 saturated heterocycles. The van der Waals surface area contributed by atoms with Gasteiger partial charge >= 0.3 is 6.18 Å². The van der Waals surface area contributed by atoms with E-state index in [1.54, 1.807) is 0 Å². The van der Waals surface area contributed by atoms with Gasteiger partial charge in [-0.15, -0.1) is 0 Å². The maximum absolute atomic E-state index is 12.6. The molecule has 17 heavy (non-hydrogen) atoms. The first-order valence-corrected chi connectivity index (χ1v) is 4.64. The lowest BCUT2D eigenvalue weighted by Gasteiger charge is -2.09. The summed E-state index contributed by atoms with van der Waals surface area (Å²) in [4.78, 5) is 0. The molecule has 0 bridgehead atoms. The molecule has 1 aromatic carbocycles. The number of rotatable bonds is 2. The normalized spacial score (nSPS) is 11.1. The van der Waals surface area contributed by atoms with Gasteiger partial charge in [0.15, 0.2) is 0 Å². The molecule has 0 aliphatic heterocycles. The second-order valence-corrected chi connectivity index (χ2v) is 3.18. The van der Waals surface area contributed by atoms with Crippen LogP contribution in [0.25, 0.3) is 6.08 Å². The average Bonchev–Trinajstić information content (AvgIpc) is 2.28. The van der Waals surface area contributed by atoms with E-state index in [0.717, 1.165) is 12.1 Å². The van der Waals surface area contributed by atoms with Crippen LogP contribution in [0, 0.1) is 22.7 Å². The molecule has 0 aliphatic carbocycles. The van der Waals surface area contributed by atoms with Crippen LogP contribution in [0.3, 0.4) is 0 Å². The van der Waals surface area contributed by atoms with Crippen LogP contribution in [-0.2, 0) is 6.18 Å². The molecule has 0 aromatic heterocycles. The Morgan fingerprint density at radius 2 is 1.94 bits per heavy atom. The molecule has 2 nitrogen and oxygen atoms in total. The number of nitrogens with zero attached hydrogens (tertiary/aromatic N) is 2. The Hall–Kier alpha value is -2.27. The first-order chi connectivity index (χ1) is 7.99. The molecule has 0 fully saturated rings. The predicted octanol–water partition coefficient (Wildman–Crippen LogP) is 3.50. The monoisotopic (exact) mass is 236 g/mol. The lowest BCUT2D eigenvalue weighted by Crippen LogP contribution is -2.07. The minimum Gasteiger partial charge on any atom is -0.198 e. The Balaban J connectivity index is 3.16. The molecule has 0 spiro atoms.